The van der Waals surface area contributed by atoms with Crippen LogP contribution in [0.3, 0.4) is 0 Å². The zero-order valence-electron chi connectivity index (χ0n) is 10.6. The van der Waals surface area contributed by atoms with Gasteiger partial charge in [-0.1, -0.05) is 41.9 Å². The van der Waals surface area contributed by atoms with E-state index in [2.05, 4.69) is 15.3 Å². The standard InChI is InChI=1S/C13H11ClN4O2/c1-20-13(19)9-7-10(14)17-18-11(15-16-12(9)18)8-5-3-2-4-6-8/h2-7,13,19H,1H3. The number of hydrogen-bond acceptors (Lipinski definition) is 5. The van der Waals surface area contributed by atoms with E-state index in [0.29, 0.717) is 17.0 Å². The van der Waals surface area contributed by atoms with Gasteiger partial charge >= 0.3 is 0 Å². The van der Waals surface area contributed by atoms with Crippen LogP contribution in [0.1, 0.15) is 11.9 Å². The van der Waals surface area contributed by atoms with E-state index in [1.54, 1.807) is 0 Å². The van der Waals surface area contributed by atoms with Crippen LogP contribution in [0.2, 0.25) is 5.15 Å². The van der Waals surface area contributed by atoms with Gasteiger partial charge in [-0.2, -0.15) is 9.61 Å². The van der Waals surface area contributed by atoms with Crippen molar-refractivity contribution in [1.82, 2.24) is 19.8 Å². The highest BCUT2D eigenvalue weighted by molar-refractivity contribution is 6.29. The molecule has 20 heavy (non-hydrogen) atoms. The molecule has 0 fully saturated rings. The molecule has 0 spiro atoms. The Morgan fingerprint density at radius 2 is 2.00 bits per heavy atom. The van der Waals surface area contributed by atoms with Gasteiger partial charge in [0.15, 0.2) is 22.9 Å². The summed E-state index contributed by atoms with van der Waals surface area (Å²) in [5.74, 6) is 0.549. The summed E-state index contributed by atoms with van der Waals surface area (Å²) in [4.78, 5) is 0. The molecule has 0 saturated carbocycles. The van der Waals surface area contributed by atoms with E-state index >= 15 is 0 Å². The molecule has 1 unspecified atom stereocenters. The fourth-order valence-corrected chi connectivity index (χ4v) is 2.14. The molecule has 0 saturated heterocycles. The van der Waals surface area contributed by atoms with Crippen LogP contribution in [-0.2, 0) is 4.74 Å². The second kappa shape index (κ2) is 5.16. The van der Waals surface area contributed by atoms with Crippen LogP contribution in [0.25, 0.3) is 17.0 Å². The number of aromatic nitrogens is 4. The second-order valence-corrected chi connectivity index (χ2v) is 4.52. The topological polar surface area (TPSA) is 72.5 Å². The number of hydrogen-bond donors (Lipinski definition) is 1. The van der Waals surface area contributed by atoms with Gasteiger partial charge in [0.1, 0.15) is 0 Å². The van der Waals surface area contributed by atoms with Crippen molar-refractivity contribution < 1.29 is 9.84 Å². The highest BCUT2D eigenvalue weighted by Gasteiger charge is 2.18. The maximum atomic E-state index is 9.84. The minimum Gasteiger partial charge on any atom is -0.364 e. The fourth-order valence-electron chi connectivity index (χ4n) is 1.95. The van der Waals surface area contributed by atoms with E-state index in [9.17, 15) is 5.11 Å². The summed E-state index contributed by atoms with van der Waals surface area (Å²) in [6, 6.07) is 11.0. The van der Waals surface area contributed by atoms with Crippen molar-refractivity contribution in [2.45, 2.75) is 6.29 Å². The van der Waals surface area contributed by atoms with Crippen molar-refractivity contribution in [3.63, 3.8) is 0 Å². The lowest BCUT2D eigenvalue weighted by Gasteiger charge is -2.09. The lowest BCUT2D eigenvalue weighted by Crippen LogP contribution is -2.05. The monoisotopic (exact) mass is 290 g/mol. The number of rotatable bonds is 3. The summed E-state index contributed by atoms with van der Waals surface area (Å²) in [6.45, 7) is 0. The highest BCUT2D eigenvalue weighted by Crippen LogP contribution is 2.24. The summed E-state index contributed by atoms with van der Waals surface area (Å²) in [5.41, 5.74) is 1.68. The lowest BCUT2D eigenvalue weighted by molar-refractivity contribution is -0.0762. The lowest BCUT2D eigenvalue weighted by atomic mass is 10.2. The molecular weight excluding hydrogens is 280 g/mol. The van der Waals surface area contributed by atoms with Gasteiger partial charge < -0.3 is 9.84 Å². The minimum absolute atomic E-state index is 0.223. The van der Waals surface area contributed by atoms with Crippen LogP contribution < -0.4 is 0 Å². The molecule has 0 aliphatic heterocycles. The molecule has 0 aliphatic rings. The third-order valence-corrected chi connectivity index (χ3v) is 3.08. The van der Waals surface area contributed by atoms with Crippen molar-refractivity contribution in [1.29, 1.82) is 0 Å². The van der Waals surface area contributed by atoms with Gasteiger partial charge in [0, 0.05) is 12.7 Å². The average molecular weight is 291 g/mol. The zero-order valence-corrected chi connectivity index (χ0v) is 11.3. The summed E-state index contributed by atoms with van der Waals surface area (Å²) in [5, 5.41) is 22.4. The van der Waals surface area contributed by atoms with E-state index < -0.39 is 6.29 Å². The van der Waals surface area contributed by atoms with Crippen molar-refractivity contribution in [3.8, 4) is 11.4 Å². The predicted octanol–water partition coefficient (Wildman–Crippen LogP) is 2.08. The molecule has 3 rings (SSSR count). The normalized spacial score (nSPS) is 12.8. The number of nitrogens with zero attached hydrogens (tertiary/aromatic N) is 4. The smallest absolute Gasteiger partial charge is 0.186 e. The number of aliphatic hydroxyl groups is 1. The average Bonchev–Trinajstić information content (AvgIpc) is 2.90. The largest absolute Gasteiger partial charge is 0.364 e. The number of ether oxygens (including phenoxy) is 1. The maximum absolute atomic E-state index is 9.84. The molecule has 7 heteroatoms. The van der Waals surface area contributed by atoms with Crippen molar-refractivity contribution in [3.05, 3.63) is 47.1 Å². The molecule has 1 aromatic carbocycles. The first-order valence-corrected chi connectivity index (χ1v) is 6.26. The Hall–Kier alpha value is -2.02. The number of methoxy groups -OCH3 is 1. The van der Waals surface area contributed by atoms with Gasteiger partial charge in [-0.3, -0.25) is 0 Å². The zero-order chi connectivity index (χ0) is 14.1. The molecule has 3 aromatic rings. The van der Waals surface area contributed by atoms with Crippen molar-refractivity contribution >= 4 is 17.2 Å². The number of halogens is 1. The fraction of sp³-hybridized carbons (Fsp3) is 0.154. The van der Waals surface area contributed by atoms with Crippen LogP contribution in [0, 0.1) is 0 Å². The molecule has 2 heterocycles. The summed E-state index contributed by atoms with van der Waals surface area (Å²) < 4.78 is 6.40. The van der Waals surface area contributed by atoms with E-state index in [1.165, 1.54) is 17.7 Å². The number of aliphatic hydroxyl groups excluding tert-OH is 1. The highest BCUT2D eigenvalue weighted by atomic mass is 35.5. The first-order valence-electron chi connectivity index (χ1n) is 5.89. The molecule has 0 aliphatic carbocycles. The van der Waals surface area contributed by atoms with E-state index in [0.717, 1.165) is 5.56 Å². The summed E-state index contributed by atoms with van der Waals surface area (Å²) >= 11 is 5.99. The number of fused-ring (bicyclic) bond motifs is 1. The maximum Gasteiger partial charge on any atom is 0.186 e. The molecular formula is C13H11ClN4O2. The molecule has 0 amide bonds. The molecule has 6 nitrogen and oxygen atoms in total. The van der Waals surface area contributed by atoms with Gasteiger partial charge in [-0.15, -0.1) is 10.2 Å². The van der Waals surface area contributed by atoms with Crippen LogP contribution in [-0.4, -0.2) is 32.0 Å². The SMILES string of the molecule is COC(O)c1cc(Cl)nn2c(-c3ccccc3)nnc12. The van der Waals surface area contributed by atoms with Crippen LogP contribution in [0.4, 0.5) is 0 Å². The second-order valence-electron chi connectivity index (χ2n) is 4.14. The number of benzene rings is 1. The van der Waals surface area contributed by atoms with Gasteiger partial charge in [-0.25, -0.2) is 0 Å². The van der Waals surface area contributed by atoms with E-state index in [-0.39, 0.29) is 5.15 Å². The Morgan fingerprint density at radius 1 is 1.25 bits per heavy atom. The minimum atomic E-state index is -1.13. The van der Waals surface area contributed by atoms with E-state index in [4.69, 9.17) is 16.3 Å². The summed E-state index contributed by atoms with van der Waals surface area (Å²) in [7, 11) is 1.39. The van der Waals surface area contributed by atoms with Crippen LogP contribution >= 0.6 is 11.6 Å². The molecule has 1 N–H and O–H groups in total. The van der Waals surface area contributed by atoms with Crippen LogP contribution in [0.15, 0.2) is 36.4 Å². The first kappa shape index (κ1) is 13.0. The Labute approximate surface area is 119 Å². The van der Waals surface area contributed by atoms with Crippen molar-refractivity contribution in [2.75, 3.05) is 7.11 Å². The Morgan fingerprint density at radius 3 is 2.70 bits per heavy atom. The Bertz CT molecular complexity index is 745. The van der Waals surface area contributed by atoms with Gasteiger partial charge in [-0.05, 0) is 6.07 Å². The summed E-state index contributed by atoms with van der Waals surface area (Å²) in [6.07, 6.45) is -1.13. The molecule has 1 atom stereocenters. The van der Waals surface area contributed by atoms with Gasteiger partial charge in [0.25, 0.3) is 0 Å². The van der Waals surface area contributed by atoms with Crippen LogP contribution in [0.5, 0.6) is 0 Å². The van der Waals surface area contributed by atoms with Gasteiger partial charge in [0.05, 0.1) is 5.56 Å². The molecule has 2 aromatic heterocycles. The van der Waals surface area contributed by atoms with E-state index in [1.807, 2.05) is 30.3 Å². The Kier molecular flexibility index (Phi) is 3.35. The quantitative estimate of drug-likeness (QED) is 0.748. The van der Waals surface area contributed by atoms with Gasteiger partial charge in [0.2, 0.25) is 0 Å². The van der Waals surface area contributed by atoms with Crippen molar-refractivity contribution in [2.24, 2.45) is 0 Å². The first-order chi connectivity index (χ1) is 9.70. The molecule has 0 radical (unpaired) electrons. The molecule has 102 valence electrons. The third kappa shape index (κ3) is 2.14. The Balaban J connectivity index is 2.25. The third-order valence-electron chi connectivity index (χ3n) is 2.89. The molecule has 0 bridgehead atoms. The predicted molar refractivity (Wildman–Crippen MR) is 73.2 cm³/mol.